The second-order valence-electron chi connectivity index (χ2n) is 4.95. The zero-order valence-corrected chi connectivity index (χ0v) is 9.95. The Balaban J connectivity index is 2.18. The van der Waals surface area contributed by atoms with Crippen molar-refractivity contribution < 1.29 is 5.11 Å². The van der Waals surface area contributed by atoms with Crippen molar-refractivity contribution in [2.75, 3.05) is 6.54 Å². The second kappa shape index (κ2) is 4.56. The fraction of sp³-hybridized carbons (Fsp3) is 0.571. The molecule has 2 rings (SSSR count). The molecule has 0 saturated carbocycles. The predicted molar refractivity (Wildman–Crippen MR) is 66.3 cm³/mol. The number of nitrogens with two attached hydrogens (primary N) is 1. The molecule has 16 heavy (non-hydrogen) atoms. The van der Waals surface area contributed by atoms with Crippen LogP contribution in [0.1, 0.15) is 30.9 Å². The molecule has 0 saturated heterocycles. The molecule has 0 spiro atoms. The Morgan fingerprint density at radius 1 is 1.31 bits per heavy atom. The van der Waals surface area contributed by atoms with Gasteiger partial charge in [-0.1, -0.05) is 37.6 Å². The van der Waals surface area contributed by atoms with Gasteiger partial charge in [-0.05, 0) is 24.1 Å². The molecule has 2 nitrogen and oxygen atoms in total. The van der Waals surface area contributed by atoms with Gasteiger partial charge in [0.2, 0.25) is 0 Å². The molecule has 0 aromatic heterocycles. The first kappa shape index (κ1) is 11.6. The van der Waals surface area contributed by atoms with Crippen molar-refractivity contribution in [3.05, 3.63) is 35.4 Å². The van der Waals surface area contributed by atoms with Gasteiger partial charge >= 0.3 is 0 Å². The van der Waals surface area contributed by atoms with Gasteiger partial charge in [0.15, 0.2) is 0 Å². The molecule has 0 fully saturated rings. The van der Waals surface area contributed by atoms with Crippen LogP contribution >= 0.6 is 0 Å². The van der Waals surface area contributed by atoms with E-state index in [9.17, 15) is 5.11 Å². The Kier molecular flexibility index (Phi) is 3.31. The summed E-state index contributed by atoms with van der Waals surface area (Å²) in [6.45, 7) is 2.73. The quantitative estimate of drug-likeness (QED) is 0.812. The highest BCUT2D eigenvalue weighted by Crippen LogP contribution is 2.36. The van der Waals surface area contributed by atoms with Gasteiger partial charge in [-0.25, -0.2) is 0 Å². The monoisotopic (exact) mass is 219 g/mol. The summed E-state index contributed by atoms with van der Waals surface area (Å²) in [7, 11) is 0. The minimum absolute atomic E-state index is 0.227. The van der Waals surface area contributed by atoms with Crippen molar-refractivity contribution in [1.29, 1.82) is 0 Å². The molecule has 1 aromatic rings. The molecule has 1 unspecified atom stereocenters. The lowest BCUT2D eigenvalue weighted by molar-refractivity contribution is -0.00924. The van der Waals surface area contributed by atoms with Gasteiger partial charge in [-0.15, -0.1) is 0 Å². The molecule has 1 aromatic carbocycles. The lowest BCUT2D eigenvalue weighted by Gasteiger charge is -2.31. The predicted octanol–water partition coefficient (Wildman–Crippen LogP) is 1.89. The van der Waals surface area contributed by atoms with Gasteiger partial charge < -0.3 is 10.8 Å². The van der Waals surface area contributed by atoms with Gasteiger partial charge in [0.25, 0.3) is 0 Å². The highest BCUT2D eigenvalue weighted by atomic mass is 16.3. The van der Waals surface area contributed by atoms with E-state index >= 15 is 0 Å². The van der Waals surface area contributed by atoms with E-state index in [2.05, 4.69) is 19.1 Å². The summed E-state index contributed by atoms with van der Waals surface area (Å²) in [4.78, 5) is 0. The third-order valence-electron chi connectivity index (χ3n) is 3.79. The van der Waals surface area contributed by atoms with Crippen LogP contribution in [-0.2, 0) is 12.8 Å². The zero-order valence-electron chi connectivity index (χ0n) is 9.95. The average Bonchev–Trinajstić information content (AvgIpc) is 2.62. The van der Waals surface area contributed by atoms with Crippen LogP contribution in [0.4, 0.5) is 0 Å². The summed E-state index contributed by atoms with van der Waals surface area (Å²) in [6.07, 6.45) is 3.64. The summed E-state index contributed by atoms with van der Waals surface area (Å²) < 4.78 is 0. The van der Waals surface area contributed by atoms with E-state index in [4.69, 9.17) is 5.73 Å². The number of benzene rings is 1. The van der Waals surface area contributed by atoms with Gasteiger partial charge in [0, 0.05) is 18.8 Å². The van der Waals surface area contributed by atoms with Crippen LogP contribution in [0.5, 0.6) is 0 Å². The molecule has 1 atom stereocenters. The van der Waals surface area contributed by atoms with Gasteiger partial charge in [-0.3, -0.25) is 0 Å². The van der Waals surface area contributed by atoms with Crippen LogP contribution in [-0.4, -0.2) is 17.3 Å². The fourth-order valence-electron chi connectivity index (χ4n) is 2.87. The topological polar surface area (TPSA) is 46.2 Å². The molecule has 0 bridgehead atoms. The number of aliphatic hydroxyl groups is 1. The van der Waals surface area contributed by atoms with Crippen LogP contribution < -0.4 is 5.73 Å². The fourth-order valence-corrected chi connectivity index (χ4v) is 2.87. The lowest BCUT2D eigenvalue weighted by Crippen LogP contribution is -2.42. The van der Waals surface area contributed by atoms with Crippen molar-refractivity contribution in [3.63, 3.8) is 0 Å². The third-order valence-corrected chi connectivity index (χ3v) is 3.79. The maximum absolute atomic E-state index is 10.7. The van der Waals surface area contributed by atoms with E-state index in [0.29, 0.717) is 6.54 Å². The van der Waals surface area contributed by atoms with Crippen molar-refractivity contribution in [2.24, 2.45) is 11.7 Å². The molecule has 0 radical (unpaired) electrons. The van der Waals surface area contributed by atoms with Gasteiger partial charge in [0.1, 0.15) is 0 Å². The first-order valence-corrected chi connectivity index (χ1v) is 6.19. The van der Waals surface area contributed by atoms with Crippen molar-refractivity contribution in [1.82, 2.24) is 0 Å². The first-order valence-electron chi connectivity index (χ1n) is 6.19. The Hall–Kier alpha value is -0.860. The van der Waals surface area contributed by atoms with E-state index in [0.717, 1.165) is 25.7 Å². The van der Waals surface area contributed by atoms with E-state index < -0.39 is 5.60 Å². The average molecular weight is 219 g/mol. The maximum atomic E-state index is 10.7. The molecule has 1 aliphatic rings. The maximum Gasteiger partial charge on any atom is 0.0768 e. The van der Waals surface area contributed by atoms with E-state index in [1.807, 2.05) is 12.1 Å². The molecular formula is C14H21NO. The lowest BCUT2D eigenvalue weighted by atomic mass is 9.82. The normalized spacial score (nSPS) is 19.4. The minimum atomic E-state index is -0.603. The van der Waals surface area contributed by atoms with Crippen LogP contribution in [0.3, 0.4) is 0 Å². The molecule has 0 amide bonds. The van der Waals surface area contributed by atoms with E-state index in [1.165, 1.54) is 11.1 Å². The molecule has 1 aliphatic carbocycles. The zero-order chi connectivity index (χ0) is 11.6. The van der Waals surface area contributed by atoms with Crippen LogP contribution in [0.25, 0.3) is 0 Å². The van der Waals surface area contributed by atoms with Gasteiger partial charge in [-0.2, -0.15) is 0 Å². The smallest absolute Gasteiger partial charge is 0.0768 e. The Morgan fingerprint density at radius 3 is 2.31 bits per heavy atom. The van der Waals surface area contributed by atoms with Crippen LogP contribution in [0.15, 0.2) is 24.3 Å². The van der Waals surface area contributed by atoms with E-state index in [1.54, 1.807) is 0 Å². The second-order valence-corrected chi connectivity index (χ2v) is 4.95. The Morgan fingerprint density at radius 2 is 1.88 bits per heavy atom. The molecule has 88 valence electrons. The van der Waals surface area contributed by atoms with Crippen LogP contribution in [0.2, 0.25) is 0 Å². The first-order chi connectivity index (χ1) is 7.69. The number of fused-ring (bicyclic) bond motifs is 1. The minimum Gasteiger partial charge on any atom is -0.389 e. The summed E-state index contributed by atoms with van der Waals surface area (Å²) in [5.41, 5.74) is 7.78. The van der Waals surface area contributed by atoms with E-state index in [-0.39, 0.29) is 5.92 Å². The number of hydrogen-bond acceptors (Lipinski definition) is 2. The van der Waals surface area contributed by atoms with Crippen molar-refractivity contribution >= 4 is 0 Å². The van der Waals surface area contributed by atoms with Crippen LogP contribution in [0, 0.1) is 5.92 Å². The largest absolute Gasteiger partial charge is 0.389 e. The summed E-state index contributed by atoms with van der Waals surface area (Å²) in [5.74, 6) is 0.227. The number of hydrogen-bond donors (Lipinski definition) is 2. The molecule has 3 N–H and O–H groups in total. The Labute approximate surface area is 97.5 Å². The summed E-state index contributed by atoms with van der Waals surface area (Å²) >= 11 is 0. The highest BCUT2D eigenvalue weighted by Gasteiger charge is 2.40. The molecule has 0 heterocycles. The SMILES string of the molecule is CCCC(CN)C1(O)Cc2ccccc2C1. The summed E-state index contributed by atoms with van der Waals surface area (Å²) in [5, 5.41) is 10.7. The standard InChI is InChI=1S/C14H21NO/c1-2-5-13(10-15)14(16)8-11-6-3-4-7-12(11)9-14/h3-4,6-7,13,16H,2,5,8-10,15H2,1H3. The summed E-state index contributed by atoms with van der Waals surface area (Å²) in [6, 6.07) is 8.32. The molecule has 2 heteroatoms. The van der Waals surface area contributed by atoms with Gasteiger partial charge in [0.05, 0.1) is 5.60 Å². The van der Waals surface area contributed by atoms with Crippen molar-refractivity contribution in [2.45, 2.75) is 38.2 Å². The molecular weight excluding hydrogens is 198 g/mol. The molecule has 0 aliphatic heterocycles. The Bertz CT molecular complexity index is 337. The highest BCUT2D eigenvalue weighted by molar-refractivity contribution is 5.35. The van der Waals surface area contributed by atoms with Crippen molar-refractivity contribution in [3.8, 4) is 0 Å². The number of rotatable bonds is 4. The third kappa shape index (κ3) is 2.00.